The Morgan fingerprint density at radius 1 is 0.397 bits per heavy atom. The van der Waals surface area contributed by atoms with E-state index < -0.39 is 144 Å². The van der Waals surface area contributed by atoms with E-state index in [1.165, 1.54) is 5.56 Å². The van der Waals surface area contributed by atoms with Gasteiger partial charge in [-0.25, -0.2) is 92.4 Å². The Morgan fingerprint density at radius 2 is 0.635 bits per heavy atom. The second-order valence-electron chi connectivity index (χ2n) is 13.6. The first-order valence-corrected chi connectivity index (χ1v) is 17.2. The highest BCUT2D eigenvalue weighted by molar-refractivity contribution is 7.20. The second kappa shape index (κ2) is 17.8. The molecule has 23 heteroatoms. The lowest BCUT2D eigenvalue weighted by molar-refractivity contribution is -0.688. The van der Waals surface area contributed by atoms with Crippen LogP contribution in [0.1, 0.15) is 29.8 Å². The third-order valence-electron chi connectivity index (χ3n) is 9.62. The number of carbonyl (C=O) groups is 1. The van der Waals surface area contributed by atoms with E-state index in [-0.39, 0.29) is 11.7 Å². The monoisotopic (exact) mass is 919 g/mol. The van der Waals surface area contributed by atoms with E-state index in [9.17, 15) is 57.5 Å². The predicted molar refractivity (Wildman–Crippen MR) is 181 cm³/mol. The van der Waals surface area contributed by atoms with Crippen LogP contribution in [-0.2, 0) is 6.54 Å². The molecule has 0 radical (unpaired) electrons. The van der Waals surface area contributed by atoms with Crippen molar-refractivity contribution in [1.29, 1.82) is 0 Å². The lowest BCUT2D eigenvalue weighted by Gasteiger charge is -2.44. The molecule has 0 unspecified atom stereocenters. The van der Waals surface area contributed by atoms with Gasteiger partial charge in [-0.2, -0.15) is 0 Å². The van der Waals surface area contributed by atoms with Crippen molar-refractivity contribution >= 4 is 33.8 Å². The molecule has 0 saturated heterocycles. The quantitative estimate of drug-likeness (QED) is 0.0374. The Kier molecular flexibility index (Phi) is 13.4. The highest BCUT2D eigenvalue weighted by atomic mass is 19.2. The zero-order valence-electron chi connectivity index (χ0n) is 31.0. The van der Waals surface area contributed by atoms with Gasteiger partial charge in [-0.15, -0.1) is 21.9 Å². The first-order valence-electron chi connectivity index (χ1n) is 17.2. The summed E-state index contributed by atoms with van der Waals surface area (Å²) in [5, 5.41) is 0. The van der Waals surface area contributed by atoms with Gasteiger partial charge >= 0.3 is 0 Å². The van der Waals surface area contributed by atoms with Crippen LogP contribution in [0.5, 0.6) is 0 Å². The minimum absolute atomic E-state index is 0.0509. The van der Waals surface area contributed by atoms with Crippen LogP contribution in [0.25, 0.3) is 0 Å². The van der Waals surface area contributed by atoms with Crippen molar-refractivity contribution in [2.75, 3.05) is 0 Å². The van der Waals surface area contributed by atoms with Crippen LogP contribution < -0.4 is 26.4 Å². The fourth-order valence-electron chi connectivity index (χ4n) is 6.73. The summed E-state index contributed by atoms with van der Waals surface area (Å²) >= 11 is 0. The summed E-state index contributed by atoms with van der Waals surface area (Å²) in [6, 6.07) is 14.1. The summed E-state index contributed by atoms with van der Waals surface area (Å²) in [6.45, 7) is 4.68. The van der Waals surface area contributed by atoms with Crippen molar-refractivity contribution in [2.45, 2.75) is 20.4 Å². The fraction of sp³-hybridized carbons (Fsp3) is 0.100. The molecule has 332 valence electrons. The zero-order valence-corrected chi connectivity index (χ0v) is 31.0. The molecule has 0 aliphatic carbocycles. The van der Waals surface area contributed by atoms with Crippen molar-refractivity contribution in [3.63, 3.8) is 0 Å². The molecule has 1 aromatic heterocycles. The summed E-state index contributed by atoms with van der Waals surface area (Å²) in [5.41, 5.74) is -12.3. The van der Waals surface area contributed by atoms with E-state index in [4.69, 9.17) is 0 Å². The summed E-state index contributed by atoms with van der Waals surface area (Å²) in [6.07, 6.45) is -3.30. The maximum atomic E-state index is 15.4. The highest BCUT2D eigenvalue weighted by Gasteiger charge is 2.52. The molecular weight excluding hydrogens is 901 g/mol. The lowest BCUT2D eigenvalue weighted by Crippen LogP contribution is -2.81. The van der Waals surface area contributed by atoms with Crippen molar-refractivity contribution in [3.8, 4) is 0 Å². The highest BCUT2D eigenvalue weighted by Crippen LogP contribution is 2.30. The number of carbonyl (C=O) groups excluding carboxylic acids is 1. The maximum Gasteiger partial charge on any atom is 0.200 e. The van der Waals surface area contributed by atoms with Crippen LogP contribution >= 0.6 is 0 Å². The van der Waals surface area contributed by atoms with Gasteiger partial charge in [-0.05, 0) is 0 Å². The van der Waals surface area contributed by atoms with Gasteiger partial charge in [0.25, 0.3) is 0 Å². The lowest BCUT2D eigenvalue weighted by atomic mass is 9.12. The molecule has 63 heavy (non-hydrogen) atoms. The molecule has 0 spiro atoms. The predicted octanol–water partition coefficient (Wildman–Crippen LogP) is 8.71. The normalized spacial score (nSPS) is 11.6. The van der Waals surface area contributed by atoms with E-state index in [2.05, 4.69) is 16.7 Å². The molecule has 0 bridgehead atoms. The van der Waals surface area contributed by atoms with Gasteiger partial charge < -0.3 is 0 Å². The Bertz CT molecular complexity index is 2420. The number of hydrogen-bond donors (Lipinski definition) is 0. The standard InChI is InChI=1S/C24BF20.C16H18NO/c26-5-1(6(27)14(35)21(42)13(5)34)25(2-7(28)15(36)22(43)16(37)8(2)29,3-9(30)17(38)23(44)18(39)10(3)31)4-11(32)19(40)24(45)20(41)12(4)33;1-13(2)16(18)15-8-10-17(11-9-15)12-14-6-4-3-5-7-14/h;3-11,13H,12H2,1-2H3/q-1;+1. The number of halogens is 20. The van der Waals surface area contributed by atoms with Gasteiger partial charge in [0, 0.05) is 29.2 Å². The molecule has 2 nitrogen and oxygen atoms in total. The molecule has 0 fully saturated rings. The topological polar surface area (TPSA) is 20.9 Å². The summed E-state index contributed by atoms with van der Waals surface area (Å²) < 4.78 is 296. The number of aromatic nitrogens is 1. The van der Waals surface area contributed by atoms with E-state index in [0.717, 1.165) is 12.1 Å². The van der Waals surface area contributed by atoms with Crippen molar-refractivity contribution in [3.05, 3.63) is 182 Å². The Hall–Kier alpha value is -6.42. The molecule has 5 aromatic carbocycles. The van der Waals surface area contributed by atoms with Gasteiger partial charge in [-0.1, -0.05) is 44.2 Å². The average Bonchev–Trinajstić information content (AvgIpc) is 3.26. The molecule has 0 saturated carbocycles. The molecule has 0 aliphatic rings. The van der Waals surface area contributed by atoms with Crippen molar-refractivity contribution in [1.82, 2.24) is 0 Å². The smallest absolute Gasteiger partial charge is 0.200 e. The Morgan fingerprint density at radius 3 is 0.873 bits per heavy atom. The Labute approximate surface area is 339 Å². The summed E-state index contributed by atoms with van der Waals surface area (Å²) in [5.74, 6) is -71.2. The van der Waals surface area contributed by atoms with Gasteiger partial charge in [-0.3, -0.25) is 4.79 Å². The number of Topliss-reactive ketones (excluding diaryl/α,β-unsaturated/α-hetero) is 1. The van der Waals surface area contributed by atoms with Crippen LogP contribution in [0.15, 0.2) is 54.9 Å². The van der Waals surface area contributed by atoms with Gasteiger partial charge in [0.15, 0.2) is 94.5 Å². The van der Waals surface area contributed by atoms with Crippen LogP contribution in [0.2, 0.25) is 0 Å². The van der Waals surface area contributed by atoms with Gasteiger partial charge in [0.1, 0.15) is 52.7 Å². The SMILES string of the molecule is CC(C)C(=O)c1cc[n+](Cc2ccccc2)cc1.Fc1c(F)c(F)c([B-](c2c(F)c(F)c(F)c(F)c2F)(c2c(F)c(F)c(F)c(F)c2F)c2c(F)c(F)c(F)c(F)c2F)c(F)c1F. The van der Waals surface area contributed by atoms with Crippen LogP contribution in [0.4, 0.5) is 87.8 Å². The van der Waals surface area contributed by atoms with Crippen LogP contribution in [0.3, 0.4) is 0 Å². The molecule has 0 aliphatic heterocycles. The van der Waals surface area contributed by atoms with Gasteiger partial charge in [0.2, 0.25) is 0 Å². The number of rotatable bonds is 8. The number of benzene rings is 5. The fourth-order valence-corrected chi connectivity index (χ4v) is 6.73. The summed E-state index contributed by atoms with van der Waals surface area (Å²) in [7, 11) is 0. The molecule has 0 N–H and O–H groups in total. The van der Waals surface area contributed by atoms with E-state index >= 15 is 35.1 Å². The van der Waals surface area contributed by atoms with Gasteiger partial charge in [0.05, 0.1) is 0 Å². The van der Waals surface area contributed by atoms with Crippen LogP contribution in [-0.4, -0.2) is 11.9 Å². The Balaban J connectivity index is 0.000000345. The average molecular weight is 919 g/mol. The van der Waals surface area contributed by atoms with Crippen LogP contribution in [0, 0.1) is 122 Å². The molecule has 0 atom stereocenters. The number of hydrogen-bond acceptors (Lipinski definition) is 1. The molecule has 0 amide bonds. The minimum Gasteiger partial charge on any atom is -0.294 e. The molecule has 6 rings (SSSR count). The van der Waals surface area contributed by atoms with E-state index in [1.807, 2.05) is 56.6 Å². The summed E-state index contributed by atoms with van der Waals surface area (Å²) in [4.78, 5) is 11.8. The number of ketones is 1. The molecule has 1 heterocycles. The third kappa shape index (κ3) is 7.74. The molecular formula is C40H18BF20NO. The first-order chi connectivity index (χ1) is 29.4. The van der Waals surface area contributed by atoms with E-state index in [1.54, 1.807) is 0 Å². The van der Waals surface area contributed by atoms with Crippen molar-refractivity contribution < 1.29 is 97.2 Å². The van der Waals surface area contributed by atoms with Crippen molar-refractivity contribution in [2.24, 2.45) is 5.92 Å². The second-order valence-corrected chi connectivity index (χ2v) is 13.6. The molecule has 6 aromatic rings. The van der Waals surface area contributed by atoms with E-state index in [0.29, 0.717) is 0 Å². The third-order valence-corrected chi connectivity index (χ3v) is 9.62. The largest absolute Gasteiger partial charge is 0.294 e. The maximum absolute atomic E-state index is 15.4. The zero-order chi connectivity index (χ0) is 47.3. The number of pyridine rings is 1. The number of nitrogens with zero attached hydrogens (tertiary/aromatic N) is 1. The minimum atomic E-state index is -7.22. The first kappa shape index (κ1) is 47.6.